The second kappa shape index (κ2) is 7.93. The molecule has 2 aromatic rings. The van der Waals surface area contributed by atoms with E-state index < -0.39 is 6.10 Å². The smallest absolute Gasteiger partial charge is 0.173 e. The van der Waals surface area contributed by atoms with Gasteiger partial charge in [0.15, 0.2) is 5.11 Å². The second-order valence-corrected chi connectivity index (χ2v) is 6.63. The number of fused-ring (bicyclic) bond motifs is 1. The molecule has 0 aliphatic carbocycles. The Hall–Kier alpha value is -2.31. The van der Waals surface area contributed by atoms with Crippen LogP contribution >= 0.6 is 12.2 Å². The van der Waals surface area contributed by atoms with E-state index in [-0.39, 0.29) is 0 Å². The fourth-order valence-corrected chi connectivity index (χ4v) is 3.51. The van der Waals surface area contributed by atoms with Crippen LogP contribution in [0.1, 0.15) is 29.7 Å². The molecule has 6 heteroatoms. The molecule has 0 bridgehead atoms. The van der Waals surface area contributed by atoms with Crippen molar-refractivity contribution in [2.45, 2.75) is 26.0 Å². The van der Waals surface area contributed by atoms with Gasteiger partial charge in [-0.2, -0.15) is 0 Å². The van der Waals surface area contributed by atoms with Gasteiger partial charge in [-0.25, -0.2) is 0 Å². The molecule has 5 nitrogen and oxygen atoms in total. The van der Waals surface area contributed by atoms with Crippen LogP contribution in [0.3, 0.4) is 0 Å². The zero-order valence-electron chi connectivity index (χ0n) is 15.3. The largest absolute Gasteiger partial charge is 0.496 e. The van der Waals surface area contributed by atoms with Crippen LogP contribution in [0.4, 0.5) is 5.69 Å². The standard InChI is InChI=1S/C20H24N2O3S/c1-4-13-5-7-14(8-6-13)21-20(26)22-11-15-17(24-2)9-10-18(25-3)19(15)16(23)12-22/h5-10,16,23H,4,11-12H2,1-3H3,(H,21,26)/t16-/m1/s1. The lowest BCUT2D eigenvalue weighted by Crippen LogP contribution is -2.41. The van der Waals surface area contributed by atoms with Crippen molar-refractivity contribution in [2.24, 2.45) is 0 Å². The lowest BCUT2D eigenvalue weighted by atomic mass is 9.95. The van der Waals surface area contributed by atoms with Crippen molar-refractivity contribution < 1.29 is 14.6 Å². The third-order valence-electron chi connectivity index (χ3n) is 4.69. The first-order valence-electron chi connectivity index (χ1n) is 8.64. The molecule has 0 fully saturated rings. The van der Waals surface area contributed by atoms with E-state index in [1.165, 1.54) is 5.56 Å². The topological polar surface area (TPSA) is 54.0 Å². The van der Waals surface area contributed by atoms with Crippen LogP contribution in [-0.2, 0) is 13.0 Å². The Balaban J connectivity index is 1.82. The van der Waals surface area contributed by atoms with E-state index in [1.54, 1.807) is 14.2 Å². The number of benzene rings is 2. The molecule has 1 heterocycles. The van der Waals surface area contributed by atoms with Crippen molar-refractivity contribution >= 4 is 23.0 Å². The van der Waals surface area contributed by atoms with Crippen LogP contribution in [0.25, 0.3) is 0 Å². The zero-order valence-corrected chi connectivity index (χ0v) is 16.1. The predicted molar refractivity (Wildman–Crippen MR) is 107 cm³/mol. The quantitative estimate of drug-likeness (QED) is 0.801. The molecule has 1 atom stereocenters. The summed E-state index contributed by atoms with van der Waals surface area (Å²) in [6, 6.07) is 11.9. The van der Waals surface area contributed by atoms with Crippen LogP contribution in [0.5, 0.6) is 11.5 Å². The number of nitrogens with zero attached hydrogens (tertiary/aromatic N) is 1. The predicted octanol–water partition coefficient (Wildman–Crippen LogP) is 3.51. The number of ether oxygens (including phenoxy) is 2. The third kappa shape index (κ3) is 3.61. The molecular weight excluding hydrogens is 348 g/mol. The number of thiocarbonyl (C=S) groups is 1. The molecule has 26 heavy (non-hydrogen) atoms. The number of rotatable bonds is 4. The van der Waals surface area contributed by atoms with Gasteiger partial charge < -0.3 is 24.8 Å². The minimum Gasteiger partial charge on any atom is -0.496 e. The monoisotopic (exact) mass is 372 g/mol. The molecule has 0 unspecified atom stereocenters. The number of hydrogen-bond acceptors (Lipinski definition) is 4. The van der Waals surface area contributed by atoms with Crippen molar-refractivity contribution in [1.82, 2.24) is 4.90 Å². The molecule has 0 saturated heterocycles. The highest BCUT2D eigenvalue weighted by Gasteiger charge is 2.30. The first-order valence-corrected chi connectivity index (χ1v) is 9.04. The summed E-state index contributed by atoms with van der Waals surface area (Å²) in [5, 5.41) is 14.5. The van der Waals surface area contributed by atoms with Crippen LogP contribution in [0.2, 0.25) is 0 Å². The van der Waals surface area contributed by atoms with E-state index in [0.717, 1.165) is 29.0 Å². The van der Waals surface area contributed by atoms with Gasteiger partial charge in [-0.1, -0.05) is 19.1 Å². The molecule has 0 aromatic heterocycles. The molecule has 0 radical (unpaired) electrons. The van der Waals surface area contributed by atoms with Crippen LogP contribution in [0.15, 0.2) is 36.4 Å². The number of aryl methyl sites for hydroxylation is 1. The van der Waals surface area contributed by atoms with Gasteiger partial charge in [0, 0.05) is 23.4 Å². The van der Waals surface area contributed by atoms with E-state index in [0.29, 0.717) is 24.0 Å². The Labute approximate surface area is 159 Å². The van der Waals surface area contributed by atoms with Gasteiger partial charge in [0.05, 0.1) is 20.8 Å². The first kappa shape index (κ1) is 18.5. The number of aliphatic hydroxyl groups excluding tert-OH is 1. The van der Waals surface area contributed by atoms with E-state index in [9.17, 15) is 5.11 Å². The highest BCUT2D eigenvalue weighted by Crippen LogP contribution is 2.39. The summed E-state index contributed by atoms with van der Waals surface area (Å²) in [5.74, 6) is 1.39. The number of hydrogen-bond donors (Lipinski definition) is 2. The number of β-amino-alcohol motifs (C(OH)–C–C–N with tert-alkyl or cyclic N) is 1. The molecular formula is C20H24N2O3S. The summed E-state index contributed by atoms with van der Waals surface area (Å²) in [6.45, 7) is 3.07. The zero-order chi connectivity index (χ0) is 18.7. The Morgan fingerprint density at radius 2 is 1.81 bits per heavy atom. The number of aliphatic hydroxyl groups is 1. The molecule has 138 valence electrons. The summed E-state index contributed by atoms with van der Waals surface area (Å²) in [4.78, 5) is 1.94. The van der Waals surface area contributed by atoms with Crippen molar-refractivity contribution in [2.75, 3.05) is 26.1 Å². The Bertz CT molecular complexity index is 792. The minimum absolute atomic E-state index is 0.398. The SMILES string of the molecule is CCc1ccc(NC(=S)N2Cc3c(OC)ccc(OC)c3[C@H](O)C2)cc1. The maximum Gasteiger partial charge on any atom is 0.173 e. The molecule has 0 amide bonds. The maximum absolute atomic E-state index is 10.7. The Morgan fingerprint density at radius 1 is 1.15 bits per heavy atom. The molecule has 0 saturated carbocycles. The number of methoxy groups -OCH3 is 2. The van der Waals surface area contributed by atoms with Gasteiger partial charge in [0.1, 0.15) is 17.6 Å². The van der Waals surface area contributed by atoms with Crippen molar-refractivity contribution in [3.05, 3.63) is 53.1 Å². The number of anilines is 1. The normalized spacial score (nSPS) is 16.0. The lowest BCUT2D eigenvalue weighted by molar-refractivity contribution is 0.123. The first-order chi connectivity index (χ1) is 12.6. The average Bonchev–Trinajstić information content (AvgIpc) is 2.67. The summed E-state index contributed by atoms with van der Waals surface area (Å²) in [6.07, 6.45) is 0.299. The fourth-order valence-electron chi connectivity index (χ4n) is 3.26. The molecule has 3 rings (SSSR count). The van der Waals surface area contributed by atoms with Gasteiger partial charge in [0.25, 0.3) is 0 Å². The molecule has 1 aliphatic rings. The van der Waals surface area contributed by atoms with E-state index in [4.69, 9.17) is 21.7 Å². The average molecular weight is 372 g/mol. The second-order valence-electron chi connectivity index (χ2n) is 6.24. The van der Waals surface area contributed by atoms with Crippen molar-refractivity contribution in [3.8, 4) is 11.5 Å². The van der Waals surface area contributed by atoms with Crippen molar-refractivity contribution in [3.63, 3.8) is 0 Å². The molecule has 0 spiro atoms. The van der Waals surface area contributed by atoms with Crippen LogP contribution < -0.4 is 14.8 Å². The Kier molecular flexibility index (Phi) is 5.64. The summed E-state index contributed by atoms with van der Waals surface area (Å²) >= 11 is 5.57. The van der Waals surface area contributed by atoms with Crippen molar-refractivity contribution in [1.29, 1.82) is 0 Å². The third-order valence-corrected chi connectivity index (χ3v) is 5.05. The van der Waals surface area contributed by atoms with Gasteiger partial charge in [-0.05, 0) is 48.5 Å². The van der Waals surface area contributed by atoms with Gasteiger partial charge >= 0.3 is 0 Å². The van der Waals surface area contributed by atoms with Crippen LogP contribution in [0, 0.1) is 0 Å². The Morgan fingerprint density at radius 3 is 2.42 bits per heavy atom. The van der Waals surface area contributed by atoms with Crippen LogP contribution in [-0.4, -0.2) is 35.9 Å². The highest BCUT2D eigenvalue weighted by atomic mass is 32.1. The minimum atomic E-state index is -0.703. The van der Waals surface area contributed by atoms with E-state index >= 15 is 0 Å². The summed E-state index contributed by atoms with van der Waals surface area (Å²) in [5.41, 5.74) is 3.89. The maximum atomic E-state index is 10.7. The van der Waals surface area contributed by atoms with Gasteiger partial charge in [0.2, 0.25) is 0 Å². The van der Waals surface area contributed by atoms with E-state index in [2.05, 4.69) is 24.4 Å². The van der Waals surface area contributed by atoms with Gasteiger partial charge in [-0.3, -0.25) is 0 Å². The fraction of sp³-hybridized carbons (Fsp3) is 0.350. The van der Waals surface area contributed by atoms with E-state index in [1.807, 2.05) is 29.2 Å². The number of nitrogens with one attached hydrogen (secondary N) is 1. The molecule has 2 aromatic carbocycles. The summed E-state index contributed by atoms with van der Waals surface area (Å²) in [7, 11) is 3.23. The molecule has 1 aliphatic heterocycles. The molecule has 2 N–H and O–H groups in total. The highest BCUT2D eigenvalue weighted by molar-refractivity contribution is 7.80. The lowest BCUT2D eigenvalue weighted by Gasteiger charge is -2.35. The van der Waals surface area contributed by atoms with Gasteiger partial charge in [-0.15, -0.1) is 0 Å². The summed E-state index contributed by atoms with van der Waals surface area (Å²) < 4.78 is 10.9.